The Morgan fingerprint density at radius 3 is 2.39 bits per heavy atom. The second kappa shape index (κ2) is 18.4. The van der Waals surface area contributed by atoms with Gasteiger partial charge in [-0.3, -0.25) is 15.1 Å². The molecule has 0 spiro atoms. The maximum Gasteiger partial charge on any atom is 0.280 e. The van der Waals surface area contributed by atoms with Crippen molar-refractivity contribution in [3.8, 4) is 5.75 Å². The van der Waals surface area contributed by atoms with Gasteiger partial charge in [-0.25, -0.2) is 15.0 Å². The van der Waals surface area contributed by atoms with Gasteiger partial charge >= 0.3 is 0 Å². The first-order chi connectivity index (χ1) is 18.4. The molecule has 38 heavy (non-hydrogen) atoms. The van der Waals surface area contributed by atoms with Gasteiger partial charge in [0.15, 0.2) is 28.4 Å². The van der Waals surface area contributed by atoms with E-state index >= 15 is 0 Å². The summed E-state index contributed by atoms with van der Waals surface area (Å²) in [6.45, 7) is 9.10. The number of aromatic nitrogens is 4. The number of aryl methyl sites for hydroxylation is 2. The normalized spacial score (nSPS) is 10.5. The van der Waals surface area contributed by atoms with Gasteiger partial charge in [0.25, 0.3) is 5.91 Å². The number of rotatable bonds is 11. The van der Waals surface area contributed by atoms with Crippen LogP contribution in [0.15, 0.2) is 41.7 Å². The second-order valence-electron chi connectivity index (χ2n) is 7.44. The van der Waals surface area contributed by atoms with E-state index in [0.717, 1.165) is 43.7 Å². The molecule has 12 heteroatoms. The van der Waals surface area contributed by atoms with Gasteiger partial charge in [-0.2, -0.15) is 0 Å². The number of unbranched alkanes of at least 4 members (excludes halogenated alkanes) is 1. The number of nitrogen functional groups attached to an aromatic ring is 2. The molecule has 0 saturated carbocycles. The van der Waals surface area contributed by atoms with E-state index in [9.17, 15) is 4.79 Å². The highest BCUT2D eigenvalue weighted by Crippen LogP contribution is 2.17. The highest BCUT2D eigenvalue weighted by atomic mass is 35.5. The number of amides is 1. The molecule has 11 nitrogen and oxygen atoms in total. The van der Waals surface area contributed by atoms with Gasteiger partial charge < -0.3 is 26.9 Å². The largest absolute Gasteiger partial charge is 0.494 e. The molecule has 8 N–H and O–H groups in total. The predicted molar refractivity (Wildman–Crippen MR) is 154 cm³/mol. The Labute approximate surface area is 229 Å². The summed E-state index contributed by atoms with van der Waals surface area (Å²) in [5.41, 5.74) is 18.0. The van der Waals surface area contributed by atoms with Crippen molar-refractivity contribution in [3.05, 3.63) is 58.9 Å². The summed E-state index contributed by atoms with van der Waals surface area (Å²) in [6, 6.07) is 8.07. The second-order valence-corrected chi connectivity index (χ2v) is 7.80. The molecule has 0 atom stereocenters. The average Bonchev–Trinajstić information content (AvgIpc) is 3.45. The number of imidazole rings is 1. The summed E-state index contributed by atoms with van der Waals surface area (Å²) >= 11 is 5.78. The standard InChI is InChI=1S/C22H28ClN9O2.2C2H6/c23-18-20(25)31-19(24)17(30-18)21(33)32-22(26)29-10-2-1-4-14-6-8-15(9-7-14)34-13-3-5-16-27-11-12-28-16;2*1-2/h6-9,11-12H,1-5,10,13H2,(H,27,28)(H4,24,25,31)(H3,26,29,32,33);2*1-2H3. The van der Waals surface area contributed by atoms with E-state index in [-0.39, 0.29) is 28.4 Å². The lowest BCUT2D eigenvalue weighted by Crippen LogP contribution is -2.38. The van der Waals surface area contributed by atoms with Gasteiger partial charge in [0.1, 0.15) is 11.6 Å². The molecule has 2 heterocycles. The van der Waals surface area contributed by atoms with Crippen LogP contribution in [-0.2, 0) is 12.8 Å². The van der Waals surface area contributed by atoms with E-state index in [2.05, 4.69) is 42.4 Å². The van der Waals surface area contributed by atoms with Crippen LogP contribution in [0.1, 0.15) is 68.8 Å². The minimum Gasteiger partial charge on any atom is -0.494 e. The molecule has 208 valence electrons. The molecule has 0 saturated heterocycles. The van der Waals surface area contributed by atoms with Crippen molar-refractivity contribution in [2.75, 3.05) is 24.6 Å². The van der Waals surface area contributed by atoms with Gasteiger partial charge in [0.2, 0.25) is 0 Å². The average molecular weight is 546 g/mol. The number of hydrogen-bond donors (Lipinski definition) is 5. The smallest absolute Gasteiger partial charge is 0.280 e. The van der Waals surface area contributed by atoms with E-state index in [1.807, 2.05) is 46.0 Å². The van der Waals surface area contributed by atoms with Crippen LogP contribution in [0.4, 0.5) is 11.6 Å². The topological polar surface area (TPSA) is 183 Å². The van der Waals surface area contributed by atoms with Crippen molar-refractivity contribution in [2.24, 2.45) is 10.7 Å². The quantitative estimate of drug-likeness (QED) is 0.135. The van der Waals surface area contributed by atoms with Crippen LogP contribution in [0.5, 0.6) is 5.75 Å². The third kappa shape index (κ3) is 11.5. The van der Waals surface area contributed by atoms with Crippen LogP contribution in [-0.4, -0.2) is 45.0 Å². The first-order valence-corrected chi connectivity index (χ1v) is 13.2. The molecule has 0 aliphatic rings. The van der Waals surface area contributed by atoms with Crippen molar-refractivity contribution in [1.29, 1.82) is 0 Å². The molecule has 0 aliphatic carbocycles. The Kier molecular flexibility index (Phi) is 15.6. The molecule has 1 aromatic carbocycles. The number of nitrogens with one attached hydrogen (secondary N) is 2. The number of guanidine groups is 1. The van der Waals surface area contributed by atoms with Crippen molar-refractivity contribution < 1.29 is 9.53 Å². The number of aromatic amines is 1. The molecule has 2 aromatic heterocycles. The Hall–Kier alpha value is -3.86. The number of benzene rings is 1. The highest BCUT2D eigenvalue weighted by Gasteiger charge is 2.16. The summed E-state index contributed by atoms with van der Waals surface area (Å²) in [6.07, 6.45) is 7.95. The SMILES string of the molecule is CC.CC.NC(=NCCCCc1ccc(OCCCc2ncc[nH]2)cc1)NC(=O)c1nc(Cl)c(N)nc1N. The fourth-order valence-electron chi connectivity index (χ4n) is 3.08. The van der Waals surface area contributed by atoms with Crippen LogP contribution < -0.4 is 27.3 Å². The summed E-state index contributed by atoms with van der Waals surface area (Å²) in [5.74, 6) is 0.935. The van der Waals surface area contributed by atoms with E-state index in [0.29, 0.717) is 13.2 Å². The van der Waals surface area contributed by atoms with Gasteiger partial charge in [0.05, 0.1) is 6.61 Å². The zero-order valence-corrected chi connectivity index (χ0v) is 23.4. The van der Waals surface area contributed by atoms with E-state index in [1.165, 1.54) is 5.56 Å². The van der Waals surface area contributed by atoms with Crippen molar-refractivity contribution in [2.45, 2.75) is 59.8 Å². The van der Waals surface area contributed by atoms with Crippen LogP contribution in [0.3, 0.4) is 0 Å². The number of anilines is 2. The molecule has 0 aliphatic heterocycles. The van der Waals surface area contributed by atoms with E-state index in [1.54, 1.807) is 6.20 Å². The minimum atomic E-state index is -0.656. The number of carbonyl (C=O) groups excluding carboxylic acids is 1. The van der Waals surface area contributed by atoms with Gasteiger partial charge in [-0.05, 0) is 43.4 Å². The third-order valence-corrected chi connectivity index (χ3v) is 5.10. The van der Waals surface area contributed by atoms with E-state index < -0.39 is 5.91 Å². The lowest BCUT2D eigenvalue weighted by atomic mass is 10.1. The van der Waals surface area contributed by atoms with Crippen molar-refractivity contribution >= 4 is 35.1 Å². The minimum absolute atomic E-state index is 0.0345. The van der Waals surface area contributed by atoms with Gasteiger partial charge in [-0.15, -0.1) is 0 Å². The summed E-state index contributed by atoms with van der Waals surface area (Å²) in [7, 11) is 0. The van der Waals surface area contributed by atoms with Crippen molar-refractivity contribution in [1.82, 2.24) is 25.3 Å². The maximum absolute atomic E-state index is 12.2. The fourth-order valence-corrected chi connectivity index (χ4v) is 3.21. The Balaban J connectivity index is 0.00000172. The molecule has 3 rings (SSSR count). The number of ether oxygens (including phenoxy) is 1. The summed E-state index contributed by atoms with van der Waals surface area (Å²) in [5, 5.41) is 2.30. The molecule has 0 radical (unpaired) electrons. The Morgan fingerprint density at radius 1 is 1.03 bits per heavy atom. The number of nitrogens with two attached hydrogens (primary N) is 3. The van der Waals surface area contributed by atoms with Crippen LogP contribution in [0, 0.1) is 0 Å². The summed E-state index contributed by atoms with van der Waals surface area (Å²) in [4.78, 5) is 31.2. The molecule has 3 aromatic rings. The Morgan fingerprint density at radius 2 is 1.74 bits per heavy atom. The predicted octanol–water partition coefficient (Wildman–Crippen LogP) is 4.15. The molecular weight excluding hydrogens is 506 g/mol. The number of H-pyrrole nitrogens is 1. The number of aliphatic imine (C=N–C) groups is 1. The lowest BCUT2D eigenvalue weighted by Gasteiger charge is -2.08. The molecule has 0 fully saturated rings. The zero-order valence-electron chi connectivity index (χ0n) is 22.6. The highest BCUT2D eigenvalue weighted by molar-refractivity contribution is 6.31. The van der Waals surface area contributed by atoms with Gasteiger partial charge in [0, 0.05) is 25.4 Å². The number of nitrogens with zero attached hydrogens (tertiary/aromatic N) is 4. The van der Waals surface area contributed by atoms with E-state index in [4.69, 9.17) is 33.5 Å². The number of carbonyl (C=O) groups is 1. The van der Waals surface area contributed by atoms with Crippen LogP contribution in [0.25, 0.3) is 0 Å². The Bertz CT molecular complexity index is 1100. The number of hydrogen-bond acceptors (Lipinski definition) is 8. The number of halogens is 1. The van der Waals surface area contributed by atoms with Crippen LogP contribution in [0.2, 0.25) is 5.15 Å². The van der Waals surface area contributed by atoms with Gasteiger partial charge in [-0.1, -0.05) is 51.4 Å². The third-order valence-electron chi connectivity index (χ3n) is 4.82. The molecule has 0 bridgehead atoms. The molecule has 0 unspecified atom stereocenters. The monoisotopic (exact) mass is 545 g/mol. The zero-order chi connectivity index (χ0) is 28.3. The van der Waals surface area contributed by atoms with Crippen LogP contribution >= 0.6 is 11.6 Å². The summed E-state index contributed by atoms with van der Waals surface area (Å²) < 4.78 is 5.77. The first kappa shape index (κ1) is 32.2. The maximum atomic E-state index is 12.2. The fraction of sp³-hybridized carbons (Fsp3) is 0.423. The lowest BCUT2D eigenvalue weighted by molar-refractivity contribution is 0.0972. The van der Waals surface area contributed by atoms with Crippen molar-refractivity contribution in [3.63, 3.8) is 0 Å². The first-order valence-electron chi connectivity index (χ1n) is 12.8. The molecule has 1 amide bonds. The molecular formula is C26H40ClN9O2.